The van der Waals surface area contributed by atoms with E-state index in [0.717, 1.165) is 30.2 Å². The van der Waals surface area contributed by atoms with Crippen LogP contribution in [0.5, 0.6) is 5.75 Å². The largest absolute Gasteiger partial charge is 0.481 e. The van der Waals surface area contributed by atoms with Crippen LogP contribution in [0.15, 0.2) is 36.4 Å². The molecule has 6 nitrogen and oxygen atoms in total. The van der Waals surface area contributed by atoms with Gasteiger partial charge in [0, 0.05) is 16.6 Å². The molecular weight excluding hydrogens is 418 g/mol. The lowest BCUT2D eigenvalue weighted by Crippen LogP contribution is -2.22. The monoisotopic (exact) mass is 442 g/mol. The number of carbonyl (C=O) groups excluding carboxylic acids is 2. The molecule has 2 N–H and O–H groups in total. The summed E-state index contributed by atoms with van der Waals surface area (Å²) in [5.41, 5.74) is 8.26. The summed E-state index contributed by atoms with van der Waals surface area (Å²) in [6, 6.07) is 9.39. The van der Waals surface area contributed by atoms with Crippen molar-refractivity contribution in [3.8, 4) is 5.75 Å². The molecule has 168 valence electrons. The lowest BCUT2D eigenvalue weighted by atomic mass is 9.92. The molecule has 1 atom stereocenters. The van der Waals surface area contributed by atoms with Crippen molar-refractivity contribution in [3.05, 3.63) is 64.9 Å². The van der Waals surface area contributed by atoms with Gasteiger partial charge in [0.25, 0.3) is 0 Å². The molecule has 1 aliphatic carbocycles. The summed E-state index contributed by atoms with van der Waals surface area (Å²) in [4.78, 5) is 24.0. The van der Waals surface area contributed by atoms with Gasteiger partial charge in [-0.3, -0.25) is 4.79 Å². The van der Waals surface area contributed by atoms with Crippen LogP contribution < -0.4 is 10.5 Å². The van der Waals surface area contributed by atoms with Crippen LogP contribution in [-0.2, 0) is 27.3 Å². The Balaban J connectivity index is 1.94. The van der Waals surface area contributed by atoms with Gasteiger partial charge in [0.05, 0.1) is 25.1 Å². The predicted molar refractivity (Wildman–Crippen MR) is 114 cm³/mol. The maximum absolute atomic E-state index is 14.5. The lowest BCUT2D eigenvalue weighted by Gasteiger charge is -2.14. The highest BCUT2D eigenvalue weighted by Crippen LogP contribution is 2.42. The van der Waals surface area contributed by atoms with Crippen molar-refractivity contribution in [3.63, 3.8) is 0 Å². The zero-order valence-corrected chi connectivity index (χ0v) is 17.7. The van der Waals surface area contributed by atoms with E-state index in [1.54, 1.807) is 12.1 Å². The topological polar surface area (TPSA) is 83.6 Å². The van der Waals surface area contributed by atoms with Gasteiger partial charge in [0.15, 0.2) is 18.2 Å². The van der Waals surface area contributed by atoms with Crippen LogP contribution >= 0.6 is 0 Å². The molecule has 0 spiro atoms. The van der Waals surface area contributed by atoms with Crippen molar-refractivity contribution in [1.82, 2.24) is 4.57 Å². The Labute approximate surface area is 183 Å². The van der Waals surface area contributed by atoms with E-state index in [-0.39, 0.29) is 18.7 Å². The van der Waals surface area contributed by atoms with E-state index < -0.39 is 29.4 Å². The summed E-state index contributed by atoms with van der Waals surface area (Å²) >= 11 is 0. The number of hydrogen-bond donors (Lipinski definition) is 1. The number of fused-ring (bicyclic) bond motifs is 3. The second-order valence-electron chi connectivity index (χ2n) is 7.88. The number of carbonyl (C=O) groups is 2. The molecule has 1 heterocycles. The number of hydrogen-bond acceptors (Lipinski definition) is 4. The van der Waals surface area contributed by atoms with Gasteiger partial charge in [0.1, 0.15) is 5.75 Å². The van der Waals surface area contributed by atoms with E-state index in [4.69, 9.17) is 10.5 Å². The first-order valence-corrected chi connectivity index (χ1v) is 10.5. The molecular formula is C24H24F2N2O4. The second-order valence-corrected chi connectivity index (χ2v) is 7.88. The maximum Gasteiger partial charge on any atom is 0.343 e. The van der Waals surface area contributed by atoms with Crippen LogP contribution in [0.3, 0.4) is 0 Å². The zero-order chi connectivity index (χ0) is 22.8. The highest BCUT2D eigenvalue weighted by atomic mass is 19.2. The fourth-order valence-electron chi connectivity index (χ4n) is 4.50. The average molecular weight is 442 g/mol. The molecule has 0 radical (unpaired) electrons. The fraction of sp³-hybridized carbons (Fsp3) is 0.333. The molecule has 8 heteroatoms. The number of ether oxygens (including phenoxy) is 2. The zero-order valence-electron chi connectivity index (χ0n) is 17.7. The number of amides is 1. The Kier molecular flexibility index (Phi) is 6.12. The second kappa shape index (κ2) is 8.98. The standard InChI is InChI=1S/C24H24F2N2O4/c1-31-20(29)13-32-19-11-5-10-18-22(19)21-15(24(27)30)7-2-3-9-17(21)28(18)12-14-6-4-8-16(25)23(14)26/h4-6,8,10-11,15H,2-3,7,9,12-13H2,1H3,(H2,27,30). The molecule has 4 rings (SSSR count). The number of nitrogens with two attached hydrogens (primary N) is 1. The van der Waals surface area contributed by atoms with Crippen LogP contribution in [0.2, 0.25) is 0 Å². The van der Waals surface area contributed by atoms with E-state index in [1.165, 1.54) is 19.2 Å². The predicted octanol–water partition coefficient (Wildman–Crippen LogP) is 3.81. The summed E-state index contributed by atoms with van der Waals surface area (Å²) in [6.45, 7) is -0.212. The highest BCUT2D eigenvalue weighted by Gasteiger charge is 2.31. The number of aromatic nitrogens is 1. The molecule has 1 amide bonds. The minimum Gasteiger partial charge on any atom is -0.481 e. The van der Waals surface area contributed by atoms with Gasteiger partial charge < -0.3 is 19.8 Å². The quantitative estimate of drug-likeness (QED) is 0.465. The molecule has 0 saturated carbocycles. The van der Waals surface area contributed by atoms with E-state index in [0.29, 0.717) is 29.5 Å². The van der Waals surface area contributed by atoms with Gasteiger partial charge in [-0.1, -0.05) is 24.6 Å². The molecule has 2 aromatic carbocycles. The van der Waals surface area contributed by atoms with Crippen LogP contribution in [0.25, 0.3) is 10.9 Å². The van der Waals surface area contributed by atoms with Gasteiger partial charge in [-0.25, -0.2) is 13.6 Å². The van der Waals surface area contributed by atoms with E-state index in [1.807, 2.05) is 10.6 Å². The molecule has 1 unspecified atom stereocenters. The van der Waals surface area contributed by atoms with Crippen LogP contribution in [0.1, 0.15) is 42.0 Å². The summed E-state index contributed by atoms with van der Waals surface area (Å²) in [6.07, 6.45) is 2.88. The maximum atomic E-state index is 14.5. The molecule has 3 aromatic rings. The third-order valence-electron chi connectivity index (χ3n) is 5.98. The van der Waals surface area contributed by atoms with Gasteiger partial charge in [-0.05, 0) is 43.0 Å². The summed E-state index contributed by atoms with van der Waals surface area (Å²) in [5.74, 6) is -2.94. The van der Waals surface area contributed by atoms with Crippen LogP contribution in [0.4, 0.5) is 8.78 Å². The van der Waals surface area contributed by atoms with Crippen molar-refractivity contribution in [1.29, 1.82) is 0 Å². The van der Waals surface area contributed by atoms with Crippen LogP contribution in [0, 0.1) is 11.6 Å². The lowest BCUT2D eigenvalue weighted by molar-refractivity contribution is -0.142. The summed E-state index contributed by atoms with van der Waals surface area (Å²) < 4.78 is 40.7. The van der Waals surface area contributed by atoms with E-state index in [2.05, 4.69) is 4.74 Å². The van der Waals surface area contributed by atoms with Crippen molar-refractivity contribution in [2.75, 3.05) is 13.7 Å². The van der Waals surface area contributed by atoms with Gasteiger partial charge in [-0.2, -0.15) is 0 Å². The van der Waals surface area contributed by atoms with Gasteiger partial charge in [0.2, 0.25) is 5.91 Å². The molecule has 0 fully saturated rings. The highest BCUT2D eigenvalue weighted by molar-refractivity contribution is 5.97. The number of rotatable bonds is 6. The van der Waals surface area contributed by atoms with Crippen molar-refractivity contribution in [2.24, 2.45) is 5.73 Å². The van der Waals surface area contributed by atoms with Gasteiger partial charge in [-0.15, -0.1) is 0 Å². The Morgan fingerprint density at radius 2 is 1.94 bits per heavy atom. The number of esters is 1. The third kappa shape index (κ3) is 3.92. The fourth-order valence-corrected chi connectivity index (χ4v) is 4.50. The number of nitrogens with zero attached hydrogens (tertiary/aromatic N) is 1. The Morgan fingerprint density at radius 3 is 2.69 bits per heavy atom. The third-order valence-corrected chi connectivity index (χ3v) is 5.98. The molecule has 1 aromatic heterocycles. The molecule has 0 aliphatic heterocycles. The van der Waals surface area contributed by atoms with Crippen molar-refractivity contribution >= 4 is 22.8 Å². The summed E-state index contributed by atoms with van der Waals surface area (Å²) in [5, 5.41) is 0.661. The van der Waals surface area contributed by atoms with E-state index in [9.17, 15) is 18.4 Å². The Morgan fingerprint density at radius 1 is 1.16 bits per heavy atom. The van der Waals surface area contributed by atoms with E-state index >= 15 is 0 Å². The first-order chi connectivity index (χ1) is 15.4. The first kappa shape index (κ1) is 21.8. The van der Waals surface area contributed by atoms with Crippen molar-refractivity contribution in [2.45, 2.75) is 38.1 Å². The normalized spacial score (nSPS) is 15.8. The first-order valence-electron chi connectivity index (χ1n) is 10.5. The summed E-state index contributed by atoms with van der Waals surface area (Å²) in [7, 11) is 1.27. The molecule has 0 bridgehead atoms. The minimum absolute atomic E-state index is 0.0847. The molecule has 0 saturated heterocycles. The minimum atomic E-state index is -0.915. The number of methoxy groups -OCH3 is 1. The van der Waals surface area contributed by atoms with Crippen molar-refractivity contribution < 1.29 is 27.8 Å². The number of benzene rings is 2. The molecule has 32 heavy (non-hydrogen) atoms. The average Bonchev–Trinajstić information content (AvgIpc) is 2.93. The SMILES string of the molecule is COC(=O)COc1cccc2c1c1c(n2Cc2cccc(F)c2F)CCCCC1C(N)=O. The number of halogens is 2. The van der Waals surface area contributed by atoms with Gasteiger partial charge >= 0.3 is 5.97 Å². The number of primary amides is 1. The molecule has 1 aliphatic rings. The smallest absolute Gasteiger partial charge is 0.343 e. The van der Waals surface area contributed by atoms with Crippen LogP contribution in [-0.4, -0.2) is 30.2 Å². The Bertz CT molecular complexity index is 1190. The Hall–Kier alpha value is -3.42.